The molecule has 0 unspecified atom stereocenters. The van der Waals surface area contributed by atoms with Gasteiger partial charge in [0.25, 0.3) is 10.1 Å². The summed E-state index contributed by atoms with van der Waals surface area (Å²) in [7, 11) is -9.90. The fraction of sp³-hybridized carbons (Fsp3) is 0.367. The maximum atomic E-state index is 12.5. The van der Waals surface area contributed by atoms with Gasteiger partial charge in [-0.2, -0.15) is 8.42 Å². The first kappa shape index (κ1) is 30.7. The lowest BCUT2D eigenvalue weighted by Crippen LogP contribution is -2.31. The van der Waals surface area contributed by atoms with Gasteiger partial charge in [-0.3, -0.25) is 4.55 Å². The average Bonchev–Trinajstić information content (AvgIpc) is 2.92. The van der Waals surface area contributed by atoms with Crippen molar-refractivity contribution in [2.45, 2.75) is 56.7 Å². The fourth-order valence-electron chi connectivity index (χ4n) is 5.28. The Morgan fingerprint density at radius 1 is 0.854 bits per heavy atom. The molecule has 0 spiro atoms. The van der Waals surface area contributed by atoms with E-state index in [1.54, 1.807) is 0 Å². The predicted molar refractivity (Wildman–Crippen MR) is 160 cm³/mol. The van der Waals surface area contributed by atoms with E-state index in [0.29, 0.717) is 33.9 Å². The van der Waals surface area contributed by atoms with Crippen LogP contribution in [-0.4, -0.2) is 52.1 Å². The summed E-state index contributed by atoms with van der Waals surface area (Å²) in [5, 5.41) is 1.51. The molecule has 1 N–H and O–H groups in total. The number of benzene rings is 3. The summed E-state index contributed by atoms with van der Waals surface area (Å²) in [5.41, 5.74) is 2.43. The minimum absolute atomic E-state index is 0.0265. The van der Waals surface area contributed by atoms with Gasteiger partial charge in [-0.25, -0.2) is 13.0 Å². The number of rotatable bonds is 11. The number of anilines is 1. The standard InChI is InChI=1S/C30H36N2O7S2/c1-5-15-31(8-4)21-9-12-24-27(18-21)39-28-19-22(32(16-6-2)17-7-3)10-13-25(28)30(24)26-14-11-23(40(33,34)35)20-29(26)41(36,37)38/h9-14,18-20H,5-8,15-17H2,1-4H3,(H-,33,34,35,36,37,38). The van der Waals surface area contributed by atoms with Crippen LogP contribution in [-0.2, 0) is 20.2 Å². The predicted octanol–water partition coefficient (Wildman–Crippen LogP) is 5.18. The van der Waals surface area contributed by atoms with Gasteiger partial charge >= 0.3 is 0 Å². The summed E-state index contributed by atoms with van der Waals surface area (Å²) >= 11 is 0. The van der Waals surface area contributed by atoms with Crippen molar-refractivity contribution in [1.82, 2.24) is 4.58 Å². The highest BCUT2D eigenvalue weighted by Crippen LogP contribution is 2.43. The van der Waals surface area contributed by atoms with Crippen LogP contribution in [0.2, 0.25) is 0 Å². The maximum absolute atomic E-state index is 12.5. The van der Waals surface area contributed by atoms with Crippen molar-refractivity contribution >= 4 is 36.9 Å². The van der Waals surface area contributed by atoms with E-state index >= 15 is 0 Å². The van der Waals surface area contributed by atoms with Crippen LogP contribution in [0.4, 0.5) is 5.69 Å². The van der Waals surface area contributed by atoms with Gasteiger partial charge in [-0.15, -0.1) is 0 Å². The van der Waals surface area contributed by atoms with Crippen molar-refractivity contribution in [1.29, 1.82) is 0 Å². The zero-order chi connectivity index (χ0) is 29.9. The summed E-state index contributed by atoms with van der Waals surface area (Å²) in [6.45, 7) is 11.7. The molecule has 0 aromatic heterocycles. The lowest BCUT2D eigenvalue weighted by Gasteiger charge is -2.24. The molecule has 2 aromatic carbocycles. The highest BCUT2D eigenvalue weighted by Gasteiger charge is 2.24. The topological polar surface area (TPSA) is 131 Å². The Morgan fingerprint density at radius 2 is 1.54 bits per heavy atom. The second-order valence-corrected chi connectivity index (χ2v) is 12.8. The first-order valence-electron chi connectivity index (χ1n) is 13.8. The van der Waals surface area contributed by atoms with Crippen molar-refractivity contribution in [3.05, 3.63) is 60.0 Å². The molecule has 1 heterocycles. The summed E-state index contributed by atoms with van der Waals surface area (Å²) in [6, 6.07) is 14.4. The lowest BCUT2D eigenvalue weighted by molar-refractivity contribution is 0.463. The molecule has 0 fully saturated rings. The van der Waals surface area contributed by atoms with E-state index in [-0.39, 0.29) is 5.56 Å². The van der Waals surface area contributed by atoms with E-state index in [1.807, 2.05) is 36.4 Å². The second kappa shape index (κ2) is 12.3. The normalized spacial score (nSPS) is 12.2. The average molecular weight is 601 g/mol. The summed E-state index contributed by atoms with van der Waals surface area (Å²) in [5.74, 6) is 0.492. The van der Waals surface area contributed by atoms with Crippen LogP contribution in [0, 0.1) is 0 Å². The molecule has 0 bridgehead atoms. The molecule has 0 saturated carbocycles. The van der Waals surface area contributed by atoms with E-state index in [1.165, 1.54) is 6.07 Å². The molecular formula is C30H36N2O7S2. The van der Waals surface area contributed by atoms with Gasteiger partial charge in [0.2, 0.25) is 5.36 Å². The van der Waals surface area contributed by atoms with E-state index in [2.05, 4.69) is 37.2 Å². The van der Waals surface area contributed by atoms with Crippen LogP contribution in [0.15, 0.2) is 68.8 Å². The molecule has 4 rings (SSSR count). The third-order valence-corrected chi connectivity index (χ3v) is 8.80. The SMILES string of the molecule is CCCN(CC)c1ccc2c(-c3ccc(S(=O)(=O)O)cc3S(=O)(=O)[O-])c3ccc(=[N+](CCC)CCC)cc-3oc2c1. The molecule has 0 saturated heterocycles. The lowest BCUT2D eigenvalue weighted by atomic mass is 9.93. The Balaban J connectivity index is 2.16. The van der Waals surface area contributed by atoms with Crippen molar-refractivity contribution < 1.29 is 30.4 Å². The molecule has 0 radical (unpaired) electrons. The highest BCUT2D eigenvalue weighted by atomic mass is 32.2. The largest absolute Gasteiger partial charge is 0.744 e. The smallest absolute Gasteiger partial charge is 0.294 e. The van der Waals surface area contributed by atoms with Gasteiger partial charge in [0, 0.05) is 65.8 Å². The Kier molecular flexibility index (Phi) is 9.22. The second-order valence-electron chi connectivity index (χ2n) is 9.99. The monoisotopic (exact) mass is 600 g/mol. The van der Waals surface area contributed by atoms with Crippen LogP contribution in [0.5, 0.6) is 0 Å². The minimum Gasteiger partial charge on any atom is -0.744 e. The van der Waals surface area contributed by atoms with Crippen LogP contribution in [0.3, 0.4) is 0 Å². The molecular weight excluding hydrogens is 564 g/mol. The molecule has 11 heteroatoms. The Labute approximate surface area is 241 Å². The number of hydrogen-bond acceptors (Lipinski definition) is 7. The molecule has 1 aliphatic heterocycles. The van der Waals surface area contributed by atoms with Crippen LogP contribution >= 0.6 is 0 Å². The summed E-state index contributed by atoms with van der Waals surface area (Å²) < 4.78 is 79.2. The molecule has 1 aliphatic carbocycles. The molecule has 41 heavy (non-hydrogen) atoms. The van der Waals surface area contributed by atoms with Crippen LogP contribution in [0.25, 0.3) is 33.4 Å². The first-order valence-corrected chi connectivity index (χ1v) is 16.7. The molecule has 2 aliphatic rings. The molecule has 9 nitrogen and oxygen atoms in total. The van der Waals surface area contributed by atoms with E-state index < -0.39 is 30.0 Å². The zero-order valence-corrected chi connectivity index (χ0v) is 25.4. The first-order chi connectivity index (χ1) is 19.4. The Morgan fingerprint density at radius 3 is 2.12 bits per heavy atom. The fourth-order valence-corrected chi connectivity index (χ4v) is 6.57. The molecule has 2 aromatic rings. The third kappa shape index (κ3) is 6.48. The zero-order valence-electron chi connectivity index (χ0n) is 23.8. The van der Waals surface area contributed by atoms with Gasteiger partial charge < -0.3 is 13.9 Å². The quantitative estimate of drug-likeness (QED) is 0.142. The van der Waals surface area contributed by atoms with Gasteiger partial charge in [-0.05, 0) is 43.7 Å². The molecule has 220 valence electrons. The van der Waals surface area contributed by atoms with Crippen molar-refractivity contribution in [2.75, 3.05) is 31.1 Å². The number of hydrogen-bond donors (Lipinski definition) is 1. The Bertz CT molecular complexity index is 1820. The third-order valence-electron chi connectivity index (χ3n) is 7.07. The highest BCUT2D eigenvalue weighted by molar-refractivity contribution is 7.86. The van der Waals surface area contributed by atoms with Gasteiger partial charge in [0.15, 0.2) is 0 Å². The van der Waals surface area contributed by atoms with E-state index in [0.717, 1.165) is 62.6 Å². The van der Waals surface area contributed by atoms with Crippen LogP contribution < -0.4 is 14.8 Å². The molecule has 0 amide bonds. The van der Waals surface area contributed by atoms with Crippen molar-refractivity contribution in [3.8, 4) is 22.5 Å². The maximum Gasteiger partial charge on any atom is 0.294 e. The minimum atomic E-state index is -5.14. The summed E-state index contributed by atoms with van der Waals surface area (Å²) in [6.07, 6.45) is 2.86. The van der Waals surface area contributed by atoms with Crippen molar-refractivity contribution in [3.63, 3.8) is 0 Å². The summed E-state index contributed by atoms with van der Waals surface area (Å²) in [4.78, 5) is 0.783. The van der Waals surface area contributed by atoms with Gasteiger partial charge in [0.05, 0.1) is 15.9 Å². The van der Waals surface area contributed by atoms with Gasteiger partial charge in [0.1, 0.15) is 34.6 Å². The van der Waals surface area contributed by atoms with E-state index in [9.17, 15) is 25.9 Å². The number of nitrogens with zero attached hydrogens (tertiary/aromatic N) is 2. The van der Waals surface area contributed by atoms with E-state index in [4.69, 9.17) is 4.42 Å². The van der Waals surface area contributed by atoms with Crippen molar-refractivity contribution in [2.24, 2.45) is 0 Å². The number of fused-ring (bicyclic) bond motifs is 2. The molecule has 0 atom stereocenters. The van der Waals surface area contributed by atoms with Gasteiger partial charge in [-0.1, -0.05) is 26.8 Å². The van der Waals surface area contributed by atoms with Crippen LogP contribution in [0.1, 0.15) is 47.0 Å². The Hall–Kier alpha value is -3.25.